The highest BCUT2D eigenvalue weighted by Crippen LogP contribution is 2.35. The van der Waals surface area contributed by atoms with Crippen molar-refractivity contribution < 1.29 is 25.2 Å². The molecule has 0 spiro atoms. The number of hydrogen-bond donors (Lipinski definition) is 4. The van der Waals surface area contributed by atoms with Gasteiger partial charge in [-0.05, 0) is 89.9 Å². The Labute approximate surface area is 208 Å². The van der Waals surface area contributed by atoms with Crippen LogP contribution in [0.1, 0.15) is 77.1 Å². The van der Waals surface area contributed by atoms with Crippen molar-refractivity contribution in [3.8, 4) is 17.2 Å². The molecule has 2 rings (SSSR count). The highest BCUT2D eigenvalue weighted by Gasteiger charge is 2.21. The molecule has 0 bridgehead atoms. The first kappa shape index (κ1) is 27.8. The zero-order valence-electron chi connectivity index (χ0n) is 21.4. The molecule has 1 aromatic rings. The summed E-state index contributed by atoms with van der Waals surface area (Å²) in [6.07, 6.45) is 15.2. The largest absolute Gasteiger partial charge is 0.508 e. The molecule has 1 atom stereocenters. The first-order valence-electron chi connectivity index (χ1n) is 12.0. The van der Waals surface area contributed by atoms with Gasteiger partial charge in [0, 0.05) is 12.1 Å². The van der Waals surface area contributed by atoms with Crippen molar-refractivity contribution in [2.75, 3.05) is 0 Å². The number of rotatable bonds is 10. The Morgan fingerprint density at radius 3 is 2.14 bits per heavy atom. The molecule has 188 valence electrons. The Balaban J connectivity index is 2.25. The molecule has 1 aliphatic rings. The standard InChI is InChI=1S/C30H38O5/c1-19(2)7-6-8-21(5)10-13-24-16-22(15-23(30(24)35)12-9-20(3)4)11-14-26(32)29-27(33)17-25(31)18-28(29)34/h7,9-11,14-15,17-18,22,31,33-35H,6,8,12-13,16H2,1-5H3/b14-11?,21-10+. The third kappa shape index (κ3) is 8.67. The summed E-state index contributed by atoms with van der Waals surface area (Å²) in [7, 11) is 0. The first-order valence-corrected chi connectivity index (χ1v) is 12.0. The van der Waals surface area contributed by atoms with Gasteiger partial charge >= 0.3 is 0 Å². The maximum absolute atomic E-state index is 12.7. The molecular formula is C30H38O5. The van der Waals surface area contributed by atoms with Gasteiger partial charge in [-0.25, -0.2) is 0 Å². The summed E-state index contributed by atoms with van der Waals surface area (Å²) in [5.41, 5.74) is 5.21. The molecule has 4 N–H and O–H groups in total. The van der Waals surface area contributed by atoms with Crippen LogP contribution >= 0.6 is 0 Å². The van der Waals surface area contributed by atoms with E-state index in [1.54, 1.807) is 6.08 Å². The minimum Gasteiger partial charge on any atom is -0.508 e. The van der Waals surface area contributed by atoms with Crippen LogP contribution in [0.3, 0.4) is 0 Å². The predicted molar refractivity (Wildman–Crippen MR) is 142 cm³/mol. The molecule has 5 nitrogen and oxygen atoms in total. The first-order chi connectivity index (χ1) is 16.5. The summed E-state index contributed by atoms with van der Waals surface area (Å²) in [5.74, 6) is -1.64. The van der Waals surface area contributed by atoms with Crippen LogP contribution in [0.15, 0.2) is 82.2 Å². The molecule has 0 heterocycles. The maximum Gasteiger partial charge on any atom is 0.193 e. The molecule has 0 saturated carbocycles. The third-order valence-electron chi connectivity index (χ3n) is 5.88. The van der Waals surface area contributed by atoms with Gasteiger partial charge in [0.25, 0.3) is 0 Å². The second-order valence-corrected chi connectivity index (χ2v) is 9.65. The van der Waals surface area contributed by atoms with E-state index in [-0.39, 0.29) is 17.2 Å². The average molecular weight is 479 g/mol. The van der Waals surface area contributed by atoms with Crippen LogP contribution in [0.4, 0.5) is 0 Å². The second kappa shape index (κ2) is 12.8. The molecule has 5 heteroatoms. The second-order valence-electron chi connectivity index (χ2n) is 9.65. The van der Waals surface area contributed by atoms with E-state index in [1.165, 1.54) is 17.2 Å². The molecule has 1 aromatic carbocycles. The zero-order valence-corrected chi connectivity index (χ0v) is 21.4. The smallest absolute Gasteiger partial charge is 0.193 e. The average Bonchev–Trinajstić information content (AvgIpc) is 2.75. The number of benzene rings is 1. The van der Waals surface area contributed by atoms with E-state index in [1.807, 2.05) is 19.9 Å². The molecule has 1 aliphatic carbocycles. The Morgan fingerprint density at radius 1 is 0.914 bits per heavy atom. The van der Waals surface area contributed by atoms with Crippen molar-refractivity contribution in [1.29, 1.82) is 0 Å². The number of phenolic OH excluding ortho intramolecular Hbond substituents is 3. The normalized spacial score (nSPS) is 16.3. The van der Waals surface area contributed by atoms with Gasteiger partial charge < -0.3 is 20.4 Å². The molecule has 35 heavy (non-hydrogen) atoms. The number of hydrogen-bond acceptors (Lipinski definition) is 5. The number of ketones is 1. The van der Waals surface area contributed by atoms with Gasteiger partial charge in [-0.1, -0.05) is 47.1 Å². The van der Waals surface area contributed by atoms with Gasteiger partial charge in [0.15, 0.2) is 5.78 Å². The molecule has 0 amide bonds. The summed E-state index contributed by atoms with van der Waals surface area (Å²) in [4.78, 5) is 12.7. The molecule has 1 unspecified atom stereocenters. The van der Waals surface area contributed by atoms with Crippen LogP contribution in [-0.2, 0) is 0 Å². The van der Waals surface area contributed by atoms with Crippen molar-refractivity contribution in [3.63, 3.8) is 0 Å². The van der Waals surface area contributed by atoms with Crippen molar-refractivity contribution >= 4 is 5.78 Å². The lowest BCUT2D eigenvalue weighted by atomic mass is 9.85. The van der Waals surface area contributed by atoms with Crippen molar-refractivity contribution in [1.82, 2.24) is 0 Å². The summed E-state index contributed by atoms with van der Waals surface area (Å²) >= 11 is 0. The van der Waals surface area contributed by atoms with Gasteiger partial charge in [-0.2, -0.15) is 0 Å². The fourth-order valence-corrected chi connectivity index (χ4v) is 3.92. The SMILES string of the molecule is CC(C)=CCC/C(C)=C/CC1=C(O)C(CC=C(C)C)=CC(C=CC(=O)c2c(O)cc(O)cc2O)C1. The lowest BCUT2D eigenvalue weighted by molar-refractivity contribution is 0.104. The van der Waals surface area contributed by atoms with Crippen LogP contribution in [-0.4, -0.2) is 26.2 Å². The van der Waals surface area contributed by atoms with Crippen LogP contribution in [0.25, 0.3) is 0 Å². The van der Waals surface area contributed by atoms with Crippen LogP contribution in [0.5, 0.6) is 17.2 Å². The Hall–Kier alpha value is -3.47. The minimum atomic E-state index is -0.561. The fourth-order valence-electron chi connectivity index (χ4n) is 3.92. The van der Waals surface area contributed by atoms with E-state index >= 15 is 0 Å². The quantitative estimate of drug-likeness (QED) is 0.157. The lowest BCUT2D eigenvalue weighted by Gasteiger charge is -2.22. The third-order valence-corrected chi connectivity index (χ3v) is 5.88. The van der Waals surface area contributed by atoms with Crippen molar-refractivity contribution in [2.45, 2.75) is 66.7 Å². The number of carbonyl (C=O) groups excluding carboxylic acids is 1. The molecule has 0 fully saturated rings. The lowest BCUT2D eigenvalue weighted by Crippen LogP contribution is -2.09. The number of aliphatic hydroxyl groups is 1. The highest BCUT2D eigenvalue weighted by molar-refractivity contribution is 6.08. The van der Waals surface area contributed by atoms with Crippen LogP contribution in [0.2, 0.25) is 0 Å². The highest BCUT2D eigenvalue weighted by atomic mass is 16.3. The molecule has 0 radical (unpaired) electrons. The van der Waals surface area contributed by atoms with E-state index in [0.717, 1.165) is 41.7 Å². The fraction of sp³-hybridized carbons (Fsp3) is 0.367. The monoisotopic (exact) mass is 478 g/mol. The molecule has 0 aromatic heterocycles. The van der Waals surface area contributed by atoms with Crippen LogP contribution < -0.4 is 0 Å². The van der Waals surface area contributed by atoms with E-state index in [0.29, 0.717) is 25.0 Å². The van der Waals surface area contributed by atoms with E-state index in [9.17, 15) is 25.2 Å². The van der Waals surface area contributed by atoms with Gasteiger partial charge in [0.1, 0.15) is 28.6 Å². The Morgan fingerprint density at radius 2 is 1.54 bits per heavy atom. The Bertz CT molecular complexity index is 1090. The van der Waals surface area contributed by atoms with Gasteiger partial charge in [-0.3, -0.25) is 4.79 Å². The summed E-state index contributed by atoms with van der Waals surface area (Å²) in [6.45, 7) is 10.3. The van der Waals surface area contributed by atoms with Crippen LogP contribution in [0, 0.1) is 5.92 Å². The summed E-state index contributed by atoms with van der Waals surface area (Å²) < 4.78 is 0. The number of allylic oxidation sites excluding steroid dienone is 11. The number of aliphatic hydroxyl groups excluding tert-OH is 1. The molecule has 0 aliphatic heterocycles. The zero-order chi connectivity index (χ0) is 26.1. The summed E-state index contributed by atoms with van der Waals surface area (Å²) in [5, 5.41) is 40.4. The molecular weight excluding hydrogens is 440 g/mol. The summed E-state index contributed by atoms with van der Waals surface area (Å²) in [6, 6.07) is 2.04. The number of phenols is 3. The van der Waals surface area contributed by atoms with Crippen molar-refractivity contribution in [2.24, 2.45) is 5.92 Å². The predicted octanol–water partition coefficient (Wildman–Crippen LogP) is 7.74. The number of carbonyl (C=O) groups is 1. The molecule has 0 saturated heterocycles. The van der Waals surface area contributed by atoms with Crippen molar-refractivity contribution in [3.05, 3.63) is 87.8 Å². The van der Waals surface area contributed by atoms with E-state index in [2.05, 4.69) is 39.0 Å². The minimum absolute atomic E-state index is 0.119. The topological polar surface area (TPSA) is 98.0 Å². The number of aromatic hydroxyl groups is 3. The van der Waals surface area contributed by atoms with Gasteiger partial charge in [0.05, 0.1) is 0 Å². The Kier molecular flexibility index (Phi) is 10.2. The van der Waals surface area contributed by atoms with E-state index < -0.39 is 17.3 Å². The van der Waals surface area contributed by atoms with Gasteiger partial charge in [-0.15, -0.1) is 0 Å². The van der Waals surface area contributed by atoms with Gasteiger partial charge in [0.2, 0.25) is 0 Å². The van der Waals surface area contributed by atoms with E-state index in [4.69, 9.17) is 0 Å². The maximum atomic E-state index is 12.7.